The summed E-state index contributed by atoms with van der Waals surface area (Å²) in [5.74, 6) is 0.105. The van der Waals surface area contributed by atoms with Crippen molar-refractivity contribution in [3.8, 4) is 11.5 Å². The molecule has 1 saturated heterocycles. The highest BCUT2D eigenvalue weighted by atomic mass is 32.2. The van der Waals surface area contributed by atoms with E-state index in [-0.39, 0.29) is 37.4 Å². The average Bonchev–Trinajstić information content (AvgIpc) is 3.42. The molecule has 1 amide bonds. The van der Waals surface area contributed by atoms with E-state index in [0.29, 0.717) is 59.8 Å². The Kier molecular flexibility index (Phi) is 10.4. The lowest BCUT2D eigenvalue weighted by atomic mass is 9.93. The van der Waals surface area contributed by atoms with Crippen LogP contribution in [0, 0.1) is 5.92 Å². The Bertz CT molecular complexity index is 1470. The molecule has 0 bridgehead atoms. The normalized spacial score (nSPS) is 19.6. The molecule has 0 N–H and O–H groups in total. The third-order valence-corrected chi connectivity index (χ3v) is 8.51. The highest BCUT2D eigenvalue weighted by Gasteiger charge is 2.42. The molecule has 0 radical (unpaired) electrons. The van der Waals surface area contributed by atoms with Gasteiger partial charge in [-0.1, -0.05) is 42.1 Å². The number of esters is 2. The number of amides is 1. The Labute approximate surface area is 261 Å². The number of rotatable bonds is 11. The molecule has 3 heterocycles. The third-order valence-electron chi connectivity index (χ3n) is 7.62. The molecule has 2 atom stereocenters. The predicted molar refractivity (Wildman–Crippen MR) is 167 cm³/mol. The smallest absolute Gasteiger partial charge is 0.338 e. The number of benzene rings is 2. The SMILES string of the molecule is CCOC(=O)C1CCCN(C(=O)CC2=CSC3=NC(C)=C(C(=O)OCCOC)C(c4cccc(Oc5ccccc5)c4)N23)C1. The number of hydrogen-bond donors (Lipinski definition) is 0. The van der Waals surface area contributed by atoms with Crippen LogP contribution in [0.1, 0.15) is 44.7 Å². The van der Waals surface area contributed by atoms with E-state index in [2.05, 4.69) is 0 Å². The van der Waals surface area contributed by atoms with Gasteiger partial charge < -0.3 is 28.7 Å². The minimum absolute atomic E-state index is 0.0866. The molecule has 44 heavy (non-hydrogen) atoms. The topological polar surface area (TPSA) is 107 Å². The first kappa shape index (κ1) is 31.3. The number of thioether (sulfide) groups is 1. The van der Waals surface area contributed by atoms with E-state index in [9.17, 15) is 14.4 Å². The number of carbonyl (C=O) groups is 3. The third kappa shape index (κ3) is 7.16. The van der Waals surface area contributed by atoms with Gasteiger partial charge in [0.1, 0.15) is 18.1 Å². The standard InChI is InChI=1S/C33H37N3O7S/c1-4-41-31(38)24-11-9-15-35(20-24)28(37)19-25-21-44-33-34-22(2)29(32(39)42-17-16-40-3)30(36(25)33)23-10-8-14-27(18-23)43-26-12-6-5-7-13-26/h5-8,10,12-14,18,21,24,30H,4,9,11,15-17,19-20H2,1-3H3. The van der Waals surface area contributed by atoms with E-state index in [4.69, 9.17) is 23.9 Å². The van der Waals surface area contributed by atoms with Gasteiger partial charge in [-0.3, -0.25) is 9.59 Å². The van der Waals surface area contributed by atoms with Crippen LogP contribution in [0.5, 0.6) is 11.5 Å². The molecule has 3 aliphatic heterocycles. The Morgan fingerprint density at radius 3 is 2.59 bits per heavy atom. The van der Waals surface area contributed by atoms with Crippen LogP contribution in [0.4, 0.5) is 0 Å². The fraction of sp³-hybridized carbons (Fsp3) is 0.394. The molecule has 0 saturated carbocycles. The van der Waals surface area contributed by atoms with Crippen LogP contribution in [0.25, 0.3) is 0 Å². The Morgan fingerprint density at radius 2 is 1.82 bits per heavy atom. The molecule has 2 aromatic carbocycles. The van der Waals surface area contributed by atoms with Crippen molar-refractivity contribution < 1.29 is 33.3 Å². The van der Waals surface area contributed by atoms with Crippen molar-refractivity contribution in [1.82, 2.24) is 9.80 Å². The van der Waals surface area contributed by atoms with E-state index in [1.807, 2.05) is 64.9 Å². The number of nitrogens with zero attached hydrogens (tertiary/aromatic N) is 3. The van der Waals surface area contributed by atoms with Crippen molar-refractivity contribution in [2.24, 2.45) is 10.9 Å². The number of carbonyl (C=O) groups excluding carboxylic acids is 3. The lowest BCUT2D eigenvalue weighted by Crippen LogP contribution is -2.44. The fourth-order valence-corrected chi connectivity index (χ4v) is 6.50. The minimum atomic E-state index is -0.612. The first-order chi connectivity index (χ1) is 21.4. The number of aliphatic imine (C=N–C) groups is 1. The molecule has 11 heteroatoms. The molecule has 0 aromatic heterocycles. The quantitative estimate of drug-likeness (QED) is 0.240. The monoisotopic (exact) mass is 619 g/mol. The molecule has 10 nitrogen and oxygen atoms in total. The van der Waals surface area contributed by atoms with E-state index < -0.39 is 12.0 Å². The molecule has 0 spiro atoms. The van der Waals surface area contributed by atoms with Crippen molar-refractivity contribution in [2.45, 2.75) is 39.2 Å². The summed E-state index contributed by atoms with van der Waals surface area (Å²) >= 11 is 1.41. The number of methoxy groups -OCH3 is 1. The summed E-state index contributed by atoms with van der Waals surface area (Å²) in [6.07, 6.45) is 1.52. The summed E-state index contributed by atoms with van der Waals surface area (Å²) in [5.41, 5.74) is 2.42. The number of hydrogen-bond acceptors (Lipinski definition) is 10. The fourth-order valence-electron chi connectivity index (χ4n) is 5.54. The summed E-state index contributed by atoms with van der Waals surface area (Å²) in [7, 11) is 1.55. The first-order valence-electron chi connectivity index (χ1n) is 14.8. The number of piperidine rings is 1. The highest BCUT2D eigenvalue weighted by molar-refractivity contribution is 8.16. The molecule has 0 aliphatic carbocycles. The predicted octanol–water partition coefficient (Wildman–Crippen LogP) is 5.44. The zero-order chi connectivity index (χ0) is 31.1. The summed E-state index contributed by atoms with van der Waals surface area (Å²) < 4.78 is 22.0. The Morgan fingerprint density at radius 1 is 1.02 bits per heavy atom. The minimum Gasteiger partial charge on any atom is -0.466 e. The van der Waals surface area contributed by atoms with Crippen LogP contribution >= 0.6 is 11.8 Å². The van der Waals surface area contributed by atoms with Crippen molar-refractivity contribution >= 4 is 34.8 Å². The van der Waals surface area contributed by atoms with E-state index >= 15 is 0 Å². The van der Waals surface area contributed by atoms with Crippen LogP contribution in [0.2, 0.25) is 0 Å². The number of amidine groups is 1. The number of fused-ring (bicyclic) bond motifs is 1. The van der Waals surface area contributed by atoms with Gasteiger partial charge >= 0.3 is 11.9 Å². The molecule has 2 unspecified atom stereocenters. The number of likely N-dealkylation sites (tertiary alicyclic amines) is 1. The van der Waals surface area contributed by atoms with E-state index in [1.165, 1.54) is 11.8 Å². The Balaban J connectivity index is 1.43. The summed E-state index contributed by atoms with van der Waals surface area (Å²) in [6, 6.07) is 16.4. The zero-order valence-corrected chi connectivity index (χ0v) is 26.0. The highest BCUT2D eigenvalue weighted by Crippen LogP contribution is 2.45. The molecule has 1 fully saturated rings. The van der Waals surface area contributed by atoms with Crippen LogP contribution < -0.4 is 4.74 Å². The summed E-state index contributed by atoms with van der Waals surface area (Å²) in [6.45, 7) is 5.15. The van der Waals surface area contributed by atoms with E-state index in [1.54, 1.807) is 25.9 Å². The van der Waals surface area contributed by atoms with Gasteiger partial charge in [-0.25, -0.2) is 9.79 Å². The van der Waals surface area contributed by atoms with Gasteiger partial charge in [-0.2, -0.15) is 0 Å². The first-order valence-corrected chi connectivity index (χ1v) is 15.6. The zero-order valence-electron chi connectivity index (χ0n) is 25.2. The molecule has 5 rings (SSSR count). The maximum atomic E-state index is 13.6. The van der Waals surface area contributed by atoms with Crippen molar-refractivity contribution in [2.75, 3.05) is 40.0 Å². The van der Waals surface area contributed by atoms with Crippen LogP contribution in [-0.4, -0.2) is 72.8 Å². The van der Waals surface area contributed by atoms with Crippen molar-refractivity contribution in [3.63, 3.8) is 0 Å². The maximum absolute atomic E-state index is 13.6. The van der Waals surface area contributed by atoms with Crippen LogP contribution in [0.3, 0.4) is 0 Å². The van der Waals surface area contributed by atoms with Crippen molar-refractivity contribution in [3.05, 3.63) is 82.5 Å². The molecule has 2 aromatic rings. The number of ether oxygens (including phenoxy) is 4. The Hall–Kier alpha value is -4.09. The summed E-state index contributed by atoms with van der Waals surface area (Å²) in [4.78, 5) is 48.0. The second-order valence-corrected chi connectivity index (χ2v) is 11.5. The maximum Gasteiger partial charge on any atom is 0.338 e. The van der Waals surface area contributed by atoms with Gasteiger partial charge in [0.15, 0.2) is 5.17 Å². The van der Waals surface area contributed by atoms with Gasteiger partial charge in [-0.15, -0.1) is 0 Å². The molecular weight excluding hydrogens is 582 g/mol. The van der Waals surface area contributed by atoms with Gasteiger partial charge in [0.2, 0.25) is 5.91 Å². The van der Waals surface area contributed by atoms with Gasteiger partial charge in [0.05, 0.1) is 42.9 Å². The number of allylic oxidation sites excluding steroid dienone is 1. The van der Waals surface area contributed by atoms with E-state index in [0.717, 1.165) is 12.0 Å². The summed E-state index contributed by atoms with van der Waals surface area (Å²) in [5, 5.41) is 2.58. The van der Waals surface area contributed by atoms with Crippen molar-refractivity contribution in [1.29, 1.82) is 0 Å². The van der Waals surface area contributed by atoms with Gasteiger partial charge in [0.25, 0.3) is 0 Å². The lowest BCUT2D eigenvalue weighted by molar-refractivity contribution is -0.151. The molecular formula is C33H37N3O7S. The lowest BCUT2D eigenvalue weighted by Gasteiger charge is -2.37. The average molecular weight is 620 g/mol. The van der Waals surface area contributed by atoms with Gasteiger partial charge in [0, 0.05) is 25.9 Å². The van der Waals surface area contributed by atoms with Crippen LogP contribution in [-0.2, 0) is 28.6 Å². The molecule has 232 valence electrons. The second kappa shape index (κ2) is 14.6. The largest absolute Gasteiger partial charge is 0.466 e. The second-order valence-electron chi connectivity index (χ2n) is 10.6. The molecule has 3 aliphatic rings. The van der Waals surface area contributed by atoms with Crippen LogP contribution in [0.15, 0.2) is 82.0 Å². The number of para-hydroxylation sites is 1. The van der Waals surface area contributed by atoms with Gasteiger partial charge in [-0.05, 0) is 61.9 Å².